The Balaban J connectivity index is 2.30. The Kier molecular flexibility index (Phi) is 2.44. The minimum atomic E-state index is 0.153. The molecule has 0 bridgehead atoms. The number of nitrogens with zero attached hydrogens (tertiary/aromatic N) is 2. The molecule has 1 rings (SSSR count). The second kappa shape index (κ2) is 3.35. The van der Waals surface area contributed by atoms with Gasteiger partial charge in [-0.15, -0.1) is 0 Å². The van der Waals surface area contributed by atoms with E-state index in [2.05, 4.69) is 5.32 Å². The third kappa shape index (κ3) is 1.92. The lowest BCUT2D eigenvalue weighted by Gasteiger charge is -2.08. The third-order valence-corrected chi connectivity index (χ3v) is 1.81. The van der Waals surface area contributed by atoms with E-state index in [1.165, 1.54) is 0 Å². The molecule has 1 N–H and O–H groups in total. The number of amides is 1. The quantitative estimate of drug-likeness (QED) is 0.535. The number of nitriles is 1. The lowest BCUT2D eigenvalue weighted by molar-refractivity contribution is -0.126. The summed E-state index contributed by atoms with van der Waals surface area (Å²) in [6.45, 7) is 1.05. The lowest BCUT2D eigenvalue weighted by Crippen LogP contribution is -2.31. The molecule has 11 heavy (non-hydrogen) atoms. The number of nitrogens with one attached hydrogen (secondary N) is 1. The third-order valence-electron chi connectivity index (χ3n) is 1.81. The largest absolute Gasteiger partial charge is 0.344 e. The molecule has 1 amide bonds. The molecule has 0 saturated carbocycles. The van der Waals surface area contributed by atoms with E-state index in [1.807, 2.05) is 6.07 Å². The molecule has 0 radical (unpaired) electrons. The molecule has 0 aliphatic carbocycles. The Labute approximate surface area is 65.8 Å². The van der Waals surface area contributed by atoms with Crippen LogP contribution in [0.1, 0.15) is 6.42 Å². The zero-order valence-corrected chi connectivity index (χ0v) is 6.50. The molecule has 0 aromatic carbocycles. The molecule has 0 aromatic rings. The fourth-order valence-electron chi connectivity index (χ4n) is 1.19. The number of rotatable bonds is 2. The van der Waals surface area contributed by atoms with E-state index in [0.29, 0.717) is 13.0 Å². The second-order valence-corrected chi connectivity index (χ2v) is 2.71. The van der Waals surface area contributed by atoms with Crippen molar-refractivity contribution in [3.63, 3.8) is 0 Å². The van der Waals surface area contributed by atoms with Crippen molar-refractivity contribution in [1.82, 2.24) is 10.2 Å². The van der Waals surface area contributed by atoms with E-state index in [1.54, 1.807) is 11.9 Å². The fraction of sp³-hybridized carbons (Fsp3) is 0.714. The number of hydrogen-bond acceptors (Lipinski definition) is 3. The summed E-state index contributed by atoms with van der Waals surface area (Å²) in [4.78, 5) is 12.6. The van der Waals surface area contributed by atoms with E-state index in [9.17, 15) is 4.79 Å². The van der Waals surface area contributed by atoms with E-state index >= 15 is 0 Å². The predicted molar refractivity (Wildman–Crippen MR) is 39.7 cm³/mol. The molecule has 1 aliphatic heterocycles. The van der Waals surface area contributed by atoms with Gasteiger partial charge in [0, 0.05) is 26.1 Å². The van der Waals surface area contributed by atoms with E-state index in [-0.39, 0.29) is 11.9 Å². The summed E-state index contributed by atoms with van der Waals surface area (Å²) in [7, 11) is 1.77. The van der Waals surface area contributed by atoms with Crippen LogP contribution in [0, 0.1) is 11.3 Å². The summed E-state index contributed by atoms with van der Waals surface area (Å²) in [6, 6.07) is 2.16. The van der Waals surface area contributed by atoms with Gasteiger partial charge in [-0.3, -0.25) is 10.1 Å². The number of likely N-dealkylation sites (N-methyl/N-ethyl adjacent to an activating group) is 1. The second-order valence-electron chi connectivity index (χ2n) is 2.71. The van der Waals surface area contributed by atoms with Crippen molar-refractivity contribution in [3.8, 4) is 6.07 Å². The van der Waals surface area contributed by atoms with Gasteiger partial charge in [-0.05, 0) is 0 Å². The molecule has 0 spiro atoms. The summed E-state index contributed by atoms with van der Waals surface area (Å²) in [5.41, 5.74) is 0. The van der Waals surface area contributed by atoms with Crippen molar-refractivity contribution < 1.29 is 4.79 Å². The molecule has 4 nitrogen and oxygen atoms in total. The molecule has 1 unspecified atom stereocenters. The maximum atomic E-state index is 11.0. The highest BCUT2D eigenvalue weighted by Crippen LogP contribution is 2.07. The van der Waals surface area contributed by atoms with Crippen LogP contribution in [-0.2, 0) is 4.79 Å². The SMILES string of the molecule is CN1CC(NCC#N)CC1=O. The normalized spacial score (nSPS) is 23.8. The molecule has 1 atom stereocenters. The average molecular weight is 153 g/mol. The summed E-state index contributed by atoms with van der Waals surface area (Å²) < 4.78 is 0. The van der Waals surface area contributed by atoms with Gasteiger partial charge < -0.3 is 4.90 Å². The van der Waals surface area contributed by atoms with Crippen molar-refractivity contribution >= 4 is 5.91 Å². The predicted octanol–water partition coefficient (Wildman–Crippen LogP) is -0.670. The Morgan fingerprint density at radius 1 is 1.91 bits per heavy atom. The standard InChI is InChI=1S/C7H11N3O/c1-10-5-6(4-7(10)11)9-3-2-8/h6,9H,3-5H2,1H3. The summed E-state index contributed by atoms with van der Waals surface area (Å²) in [5, 5.41) is 11.2. The first-order chi connectivity index (χ1) is 5.24. The number of hydrogen-bond donors (Lipinski definition) is 1. The molecular formula is C7H11N3O. The van der Waals surface area contributed by atoms with Crippen molar-refractivity contribution in [2.24, 2.45) is 0 Å². The minimum Gasteiger partial charge on any atom is -0.344 e. The minimum absolute atomic E-state index is 0.153. The van der Waals surface area contributed by atoms with Gasteiger partial charge in [0.15, 0.2) is 0 Å². The van der Waals surface area contributed by atoms with Crippen LogP contribution in [0.25, 0.3) is 0 Å². The van der Waals surface area contributed by atoms with Crippen LogP contribution in [-0.4, -0.2) is 37.0 Å². The van der Waals surface area contributed by atoms with Crippen LogP contribution in [0.4, 0.5) is 0 Å². The Hall–Kier alpha value is -1.08. The molecule has 1 heterocycles. The van der Waals surface area contributed by atoms with E-state index in [4.69, 9.17) is 5.26 Å². The van der Waals surface area contributed by atoms with Crippen LogP contribution >= 0.6 is 0 Å². The topological polar surface area (TPSA) is 56.1 Å². The molecule has 60 valence electrons. The first kappa shape index (κ1) is 8.02. The maximum Gasteiger partial charge on any atom is 0.224 e. The highest BCUT2D eigenvalue weighted by molar-refractivity contribution is 5.78. The molecule has 1 aliphatic rings. The van der Waals surface area contributed by atoms with Gasteiger partial charge in [-0.1, -0.05) is 0 Å². The first-order valence-corrected chi connectivity index (χ1v) is 3.58. The first-order valence-electron chi connectivity index (χ1n) is 3.58. The van der Waals surface area contributed by atoms with Gasteiger partial charge in [0.1, 0.15) is 0 Å². The van der Waals surface area contributed by atoms with Gasteiger partial charge in [-0.2, -0.15) is 5.26 Å². The molecule has 0 aromatic heterocycles. The van der Waals surface area contributed by atoms with Gasteiger partial charge >= 0.3 is 0 Å². The summed E-state index contributed by atoms with van der Waals surface area (Å²) in [5.74, 6) is 0.153. The van der Waals surface area contributed by atoms with E-state index < -0.39 is 0 Å². The summed E-state index contributed by atoms with van der Waals surface area (Å²) in [6.07, 6.45) is 0.526. The lowest BCUT2D eigenvalue weighted by atomic mass is 10.2. The highest BCUT2D eigenvalue weighted by Gasteiger charge is 2.25. The molecule has 1 fully saturated rings. The zero-order chi connectivity index (χ0) is 8.27. The van der Waals surface area contributed by atoms with Crippen molar-refractivity contribution in [1.29, 1.82) is 5.26 Å². The monoisotopic (exact) mass is 153 g/mol. The zero-order valence-electron chi connectivity index (χ0n) is 6.50. The Morgan fingerprint density at radius 2 is 2.64 bits per heavy atom. The highest BCUT2D eigenvalue weighted by atomic mass is 16.2. The maximum absolute atomic E-state index is 11.0. The average Bonchev–Trinajstić information content (AvgIpc) is 2.28. The molecule has 1 saturated heterocycles. The van der Waals surface area contributed by atoms with Gasteiger partial charge in [0.05, 0.1) is 12.6 Å². The van der Waals surface area contributed by atoms with Crippen LogP contribution in [0.5, 0.6) is 0 Å². The van der Waals surface area contributed by atoms with Gasteiger partial charge in [0.2, 0.25) is 5.91 Å². The molecule has 4 heteroatoms. The number of carbonyl (C=O) groups excluding carboxylic acids is 1. The fourth-order valence-corrected chi connectivity index (χ4v) is 1.19. The Morgan fingerprint density at radius 3 is 3.09 bits per heavy atom. The smallest absolute Gasteiger partial charge is 0.224 e. The number of carbonyl (C=O) groups is 1. The van der Waals surface area contributed by atoms with Crippen molar-refractivity contribution in [2.75, 3.05) is 20.1 Å². The molecular weight excluding hydrogens is 142 g/mol. The van der Waals surface area contributed by atoms with Crippen LogP contribution < -0.4 is 5.32 Å². The summed E-state index contributed by atoms with van der Waals surface area (Å²) >= 11 is 0. The van der Waals surface area contributed by atoms with Gasteiger partial charge in [-0.25, -0.2) is 0 Å². The van der Waals surface area contributed by atoms with E-state index in [0.717, 1.165) is 6.54 Å². The van der Waals surface area contributed by atoms with Crippen molar-refractivity contribution in [3.05, 3.63) is 0 Å². The Bertz CT molecular complexity index is 196. The van der Waals surface area contributed by atoms with Gasteiger partial charge in [0.25, 0.3) is 0 Å². The van der Waals surface area contributed by atoms with Crippen LogP contribution in [0.15, 0.2) is 0 Å². The van der Waals surface area contributed by atoms with Crippen LogP contribution in [0.2, 0.25) is 0 Å². The van der Waals surface area contributed by atoms with Crippen molar-refractivity contribution in [2.45, 2.75) is 12.5 Å². The number of likely N-dealkylation sites (tertiary alicyclic amines) is 1. The van der Waals surface area contributed by atoms with Crippen LogP contribution in [0.3, 0.4) is 0 Å².